The molecule has 1 saturated heterocycles. The zero-order valence-corrected chi connectivity index (χ0v) is 13.7. The van der Waals surface area contributed by atoms with Gasteiger partial charge >= 0.3 is 6.16 Å². The minimum atomic E-state index is -1.57. The van der Waals surface area contributed by atoms with E-state index in [1.165, 1.54) is 6.20 Å². The van der Waals surface area contributed by atoms with E-state index in [1.54, 1.807) is 10.6 Å². The number of benzene rings is 1. The van der Waals surface area contributed by atoms with Crippen LogP contribution < -0.4 is 20.8 Å². The van der Waals surface area contributed by atoms with Gasteiger partial charge in [-0.05, 0) is 31.9 Å². The molecule has 1 aromatic heterocycles. The Morgan fingerprint density at radius 3 is 2.64 bits per heavy atom. The first-order chi connectivity index (χ1) is 11.7. The lowest BCUT2D eigenvalue weighted by Gasteiger charge is -2.47. The van der Waals surface area contributed by atoms with Crippen molar-refractivity contribution < 1.29 is 19.0 Å². The van der Waals surface area contributed by atoms with Crippen molar-refractivity contribution in [3.05, 3.63) is 34.4 Å². The lowest BCUT2D eigenvalue weighted by Crippen LogP contribution is -2.65. The van der Waals surface area contributed by atoms with Crippen molar-refractivity contribution in [2.24, 2.45) is 5.73 Å². The highest BCUT2D eigenvalue weighted by Gasteiger charge is 2.36. The van der Waals surface area contributed by atoms with Crippen LogP contribution in [0.3, 0.4) is 0 Å². The second-order valence-corrected chi connectivity index (χ2v) is 7.16. The molecule has 4 rings (SSSR count). The van der Waals surface area contributed by atoms with Gasteiger partial charge in [0.2, 0.25) is 5.43 Å². The lowest BCUT2D eigenvalue weighted by molar-refractivity contribution is 0.143. The van der Waals surface area contributed by atoms with Crippen molar-refractivity contribution in [2.45, 2.75) is 31.3 Å². The Morgan fingerprint density at radius 2 is 2.08 bits per heavy atom. The van der Waals surface area contributed by atoms with Crippen LogP contribution >= 0.6 is 0 Å². The second-order valence-electron chi connectivity index (χ2n) is 7.16. The summed E-state index contributed by atoms with van der Waals surface area (Å²) in [7, 11) is 0. The van der Waals surface area contributed by atoms with E-state index in [-0.39, 0.29) is 22.7 Å². The average molecular weight is 347 g/mol. The van der Waals surface area contributed by atoms with Crippen LogP contribution in [-0.4, -0.2) is 34.5 Å². The zero-order chi connectivity index (χ0) is 17.9. The quantitative estimate of drug-likeness (QED) is 0.825. The Hall–Kier alpha value is -2.61. The fraction of sp³-hybridized carbons (Fsp3) is 0.412. The number of hydrogen-bond acceptors (Lipinski definition) is 5. The summed E-state index contributed by atoms with van der Waals surface area (Å²) in [5.74, 6) is -0.840. The van der Waals surface area contributed by atoms with E-state index < -0.39 is 17.4 Å². The summed E-state index contributed by atoms with van der Waals surface area (Å²) in [4.78, 5) is 25.1. The van der Waals surface area contributed by atoms with Gasteiger partial charge in [0, 0.05) is 24.7 Å². The first kappa shape index (κ1) is 15.9. The number of nitrogens with two attached hydrogens (primary N) is 1. The van der Waals surface area contributed by atoms with Crippen LogP contribution in [0, 0.1) is 5.82 Å². The van der Waals surface area contributed by atoms with Crippen molar-refractivity contribution in [1.82, 2.24) is 4.57 Å². The highest BCUT2D eigenvalue weighted by molar-refractivity contribution is 5.85. The standard InChI is InChI=1S/C17H18FN3O4/c1-17(19)7-20(8-17)13-5-12-10(4-11(13)18)15(22)14(25-16(23)24)6-21(12)9-2-3-9/h4-6,9H,2-3,7-8,19H2,1H3,(H,23,24). The number of ether oxygens (including phenoxy) is 1. The van der Waals surface area contributed by atoms with Gasteiger partial charge in [-0.3, -0.25) is 4.79 Å². The number of fused-ring (bicyclic) bond motifs is 1. The molecule has 1 saturated carbocycles. The van der Waals surface area contributed by atoms with E-state index in [1.807, 2.05) is 11.8 Å². The predicted molar refractivity (Wildman–Crippen MR) is 89.9 cm³/mol. The predicted octanol–water partition coefficient (Wildman–Crippen LogP) is 2.07. The van der Waals surface area contributed by atoms with Gasteiger partial charge in [0.1, 0.15) is 5.82 Å². The molecule has 0 unspecified atom stereocenters. The molecule has 1 aliphatic carbocycles. The van der Waals surface area contributed by atoms with Gasteiger partial charge in [0.25, 0.3) is 0 Å². The number of anilines is 1. The highest BCUT2D eigenvalue weighted by Crippen LogP contribution is 2.39. The smallest absolute Gasteiger partial charge is 0.449 e. The minimum Gasteiger partial charge on any atom is -0.449 e. The summed E-state index contributed by atoms with van der Waals surface area (Å²) in [6.45, 7) is 2.96. The molecule has 0 amide bonds. The van der Waals surface area contributed by atoms with E-state index >= 15 is 0 Å². The van der Waals surface area contributed by atoms with Gasteiger partial charge < -0.3 is 25.0 Å². The first-order valence-corrected chi connectivity index (χ1v) is 8.08. The van der Waals surface area contributed by atoms with Gasteiger partial charge in [0.15, 0.2) is 5.75 Å². The Morgan fingerprint density at radius 1 is 1.40 bits per heavy atom. The van der Waals surface area contributed by atoms with Gasteiger partial charge in [0.05, 0.1) is 22.8 Å². The van der Waals surface area contributed by atoms with Crippen molar-refractivity contribution in [1.29, 1.82) is 0 Å². The molecule has 8 heteroatoms. The number of nitrogens with zero attached hydrogens (tertiary/aromatic N) is 2. The van der Waals surface area contributed by atoms with Crippen molar-refractivity contribution in [2.75, 3.05) is 18.0 Å². The number of halogens is 1. The van der Waals surface area contributed by atoms with Gasteiger partial charge in [-0.2, -0.15) is 0 Å². The molecule has 25 heavy (non-hydrogen) atoms. The van der Waals surface area contributed by atoms with Crippen molar-refractivity contribution in [3.8, 4) is 5.75 Å². The van der Waals surface area contributed by atoms with E-state index in [2.05, 4.69) is 4.74 Å². The van der Waals surface area contributed by atoms with Crippen molar-refractivity contribution in [3.63, 3.8) is 0 Å². The molecule has 7 nitrogen and oxygen atoms in total. The van der Waals surface area contributed by atoms with Crippen LogP contribution in [0.15, 0.2) is 23.1 Å². The van der Waals surface area contributed by atoms with Crippen LogP contribution in [0.1, 0.15) is 25.8 Å². The average Bonchev–Trinajstić information content (AvgIpc) is 3.32. The summed E-state index contributed by atoms with van der Waals surface area (Å²) >= 11 is 0. The number of pyridine rings is 1. The summed E-state index contributed by atoms with van der Waals surface area (Å²) < 4.78 is 21.0. The molecule has 1 aliphatic heterocycles. The summed E-state index contributed by atoms with van der Waals surface area (Å²) in [6, 6.07) is 2.96. The fourth-order valence-electron chi connectivity index (χ4n) is 3.39. The number of carboxylic acid groups (broad SMARTS) is 1. The Balaban J connectivity index is 1.88. The van der Waals surface area contributed by atoms with Crippen LogP contribution in [-0.2, 0) is 0 Å². The molecule has 2 aliphatic rings. The van der Waals surface area contributed by atoms with Crippen LogP contribution in [0.25, 0.3) is 10.9 Å². The first-order valence-electron chi connectivity index (χ1n) is 8.08. The third-order valence-corrected chi connectivity index (χ3v) is 4.65. The number of rotatable bonds is 3. The molecule has 3 N–H and O–H groups in total. The van der Waals surface area contributed by atoms with E-state index in [9.17, 15) is 14.0 Å². The molecule has 2 aromatic rings. The topological polar surface area (TPSA) is 97.8 Å². The van der Waals surface area contributed by atoms with E-state index in [4.69, 9.17) is 10.8 Å². The number of carbonyl (C=O) groups is 1. The molecule has 0 radical (unpaired) electrons. The van der Waals surface area contributed by atoms with Crippen LogP contribution in [0.2, 0.25) is 0 Å². The molecular formula is C17H18FN3O4. The lowest BCUT2D eigenvalue weighted by atomic mass is 9.93. The minimum absolute atomic E-state index is 0.114. The highest BCUT2D eigenvalue weighted by atomic mass is 19.1. The fourth-order valence-corrected chi connectivity index (χ4v) is 3.39. The van der Waals surface area contributed by atoms with Gasteiger partial charge in [-0.25, -0.2) is 9.18 Å². The second kappa shape index (κ2) is 5.19. The summed E-state index contributed by atoms with van der Waals surface area (Å²) in [5.41, 5.74) is 5.99. The third-order valence-electron chi connectivity index (χ3n) is 4.65. The maximum Gasteiger partial charge on any atom is 0.511 e. The SMILES string of the molecule is CC1(N)CN(c2cc3c(cc2F)c(=O)c(OC(=O)O)cn3C2CC2)C1. The Kier molecular flexibility index (Phi) is 3.30. The van der Waals surface area contributed by atoms with Crippen LogP contribution in [0.5, 0.6) is 5.75 Å². The normalized spacial score (nSPS) is 18.9. The number of hydrogen-bond donors (Lipinski definition) is 2. The molecule has 132 valence electrons. The molecule has 2 fully saturated rings. The zero-order valence-electron chi connectivity index (χ0n) is 13.7. The van der Waals surface area contributed by atoms with Gasteiger partial charge in [-0.1, -0.05) is 0 Å². The number of aromatic nitrogens is 1. The molecule has 0 spiro atoms. The Bertz CT molecular complexity index is 941. The summed E-state index contributed by atoms with van der Waals surface area (Å²) in [5, 5.41) is 8.92. The van der Waals surface area contributed by atoms with E-state index in [0.29, 0.717) is 24.3 Å². The molecule has 1 aromatic carbocycles. The largest absolute Gasteiger partial charge is 0.511 e. The van der Waals surface area contributed by atoms with E-state index in [0.717, 1.165) is 18.9 Å². The summed E-state index contributed by atoms with van der Waals surface area (Å²) in [6.07, 6.45) is 1.67. The van der Waals surface area contributed by atoms with Crippen molar-refractivity contribution >= 4 is 22.7 Å². The molecule has 0 atom stereocenters. The molecular weight excluding hydrogens is 329 g/mol. The Labute approximate surface area is 142 Å². The third kappa shape index (κ3) is 2.72. The molecule has 2 heterocycles. The maximum atomic E-state index is 14.6. The monoisotopic (exact) mass is 347 g/mol. The van der Waals surface area contributed by atoms with Gasteiger partial charge in [-0.15, -0.1) is 0 Å². The maximum absolute atomic E-state index is 14.6. The van der Waals surface area contributed by atoms with Crippen LogP contribution in [0.4, 0.5) is 14.9 Å². The molecule has 0 bridgehead atoms.